The SMILES string of the molecule is COC(=O)N[C@H](C(=O)N1C[C@H](F)CC1c1ncc(-c2ccc3c(c2)OC(c2ccc4c(c2)OCCN4C)n2c-3c(Cl)c3cc(-c4cnc([C@@H]5C[C@@H](F)CN5C(=O)[C@@H](NC(=O)OC)C(C)C)[nH]4)ccc32)[nH]1)C(C)C. The molecule has 2 saturated heterocycles. The van der Waals surface area contributed by atoms with Crippen LogP contribution in [0.25, 0.3) is 44.7 Å². The number of nitrogens with one attached hydrogen (secondary N) is 4. The van der Waals surface area contributed by atoms with Crippen molar-refractivity contribution in [2.24, 2.45) is 11.8 Å². The highest BCUT2D eigenvalue weighted by Gasteiger charge is 2.44. The number of aromatic nitrogens is 5. The van der Waals surface area contributed by atoms with E-state index in [1.807, 2.05) is 61.6 Å². The first-order valence-corrected chi connectivity index (χ1v) is 24.7. The van der Waals surface area contributed by atoms with Crippen molar-refractivity contribution in [2.75, 3.05) is 52.4 Å². The van der Waals surface area contributed by atoms with E-state index in [4.69, 9.17) is 30.5 Å². The molecule has 73 heavy (non-hydrogen) atoms. The Bertz CT molecular complexity index is 3120. The molecule has 0 aliphatic carbocycles. The number of carbonyl (C=O) groups is 4. The van der Waals surface area contributed by atoms with Crippen LogP contribution in [0.1, 0.15) is 76.1 Å². The lowest BCUT2D eigenvalue weighted by Gasteiger charge is -2.32. The van der Waals surface area contributed by atoms with Gasteiger partial charge in [-0.2, -0.15) is 0 Å². The van der Waals surface area contributed by atoms with Crippen molar-refractivity contribution in [1.29, 1.82) is 0 Å². The van der Waals surface area contributed by atoms with Crippen molar-refractivity contribution in [2.45, 2.75) is 83.3 Å². The third-order valence-corrected chi connectivity index (χ3v) is 14.7. The Kier molecular flexibility index (Phi) is 13.2. The van der Waals surface area contributed by atoms with Crippen LogP contribution in [-0.4, -0.2) is 130 Å². The van der Waals surface area contributed by atoms with Gasteiger partial charge in [-0.25, -0.2) is 28.3 Å². The summed E-state index contributed by atoms with van der Waals surface area (Å²) in [6, 6.07) is 14.3. The molecule has 7 atom stereocenters. The van der Waals surface area contributed by atoms with E-state index in [2.05, 4.69) is 40.0 Å². The number of hydrogen-bond acceptors (Lipinski definition) is 11. The summed E-state index contributed by atoms with van der Waals surface area (Å²) < 4.78 is 55.1. The molecule has 0 bridgehead atoms. The molecular weight excluding hydrogens is 966 g/mol. The number of alkyl carbamates (subject to hydrolysis) is 2. The van der Waals surface area contributed by atoms with Crippen LogP contribution < -0.4 is 25.0 Å². The Morgan fingerprint density at radius 3 is 1.89 bits per heavy atom. The molecule has 2 fully saturated rings. The molecular formula is C52H57ClF2N10O8. The Hall–Kier alpha value is -7.35. The van der Waals surface area contributed by atoms with Gasteiger partial charge in [0.25, 0.3) is 0 Å². The summed E-state index contributed by atoms with van der Waals surface area (Å²) in [6.45, 7) is 8.15. The number of likely N-dealkylation sites (N-methyl/N-ethyl adjacent to an activating group) is 1. The summed E-state index contributed by atoms with van der Waals surface area (Å²) in [6.07, 6.45) is -1.46. The number of nitrogens with zero attached hydrogens (tertiary/aromatic N) is 6. The molecule has 3 aromatic carbocycles. The number of halogens is 3. The van der Waals surface area contributed by atoms with Crippen molar-refractivity contribution in [3.05, 3.63) is 89.2 Å². The predicted octanol–water partition coefficient (Wildman–Crippen LogP) is 8.49. The van der Waals surface area contributed by atoms with Crippen LogP contribution in [-0.2, 0) is 19.1 Å². The molecule has 4 aliphatic rings. The molecule has 2 unspecified atom stereocenters. The van der Waals surface area contributed by atoms with Crippen LogP contribution in [0.3, 0.4) is 0 Å². The molecule has 6 aromatic rings. The lowest BCUT2D eigenvalue weighted by atomic mass is 10.0. The lowest BCUT2D eigenvalue weighted by Crippen LogP contribution is -2.51. The summed E-state index contributed by atoms with van der Waals surface area (Å²) in [5.41, 5.74) is 6.66. The number of alkyl halides is 2. The zero-order valence-corrected chi connectivity index (χ0v) is 42.1. The number of carbonyl (C=O) groups excluding carboxylic acids is 4. The van der Waals surface area contributed by atoms with Crippen molar-refractivity contribution >= 4 is 52.2 Å². The van der Waals surface area contributed by atoms with Gasteiger partial charge >= 0.3 is 12.2 Å². The molecule has 3 aromatic heterocycles. The molecule has 4 N–H and O–H groups in total. The van der Waals surface area contributed by atoms with Crippen LogP contribution in [0.4, 0.5) is 24.1 Å². The largest absolute Gasteiger partial charge is 0.490 e. The number of ether oxygens (including phenoxy) is 4. The van der Waals surface area contributed by atoms with Crippen LogP contribution in [0.2, 0.25) is 5.02 Å². The van der Waals surface area contributed by atoms with Gasteiger partial charge in [-0.1, -0.05) is 57.5 Å². The summed E-state index contributed by atoms with van der Waals surface area (Å²) >= 11 is 7.52. The van der Waals surface area contributed by atoms with Crippen molar-refractivity contribution < 1.29 is 46.9 Å². The van der Waals surface area contributed by atoms with E-state index >= 15 is 8.78 Å². The van der Waals surface area contributed by atoms with Gasteiger partial charge < -0.3 is 54.2 Å². The van der Waals surface area contributed by atoms with E-state index in [0.717, 1.165) is 45.6 Å². The Morgan fingerprint density at radius 1 is 0.767 bits per heavy atom. The standard InChI is InChI=1S/C52H57ClF2N10O8/c1-25(2)43(60-51(68)70-6)48(66)63-23-30(54)19-38(63)46-56-21-34(58-46)27-9-12-36-33(16-27)42(53)45-32-11-8-28(17-40(32)73-50(65(36)45)29-10-13-37-41(18-29)72-15-14-62(37)5)35-22-57-47(59-35)39-20-31(55)24-64(39)49(67)44(26(3)4)61-52(69)71-7/h8-13,16-18,21-22,25-26,30-31,38-39,43-44,50H,14-15,19-20,23-24H2,1-7H3,(H,56,58)(H,57,59)(H,60,68)(H,61,69)/t30-,31-,38+,39?,43+,44+,50?/m1/s1. The normalized spacial score (nSPS) is 21.0. The second kappa shape index (κ2) is 19.6. The van der Waals surface area contributed by atoms with E-state index in [0.29, 0.717) is 51.7 Å². The molecule has 384 valence electrons. The number of methoxy groups -OCH3 is 2. The smallest absolute Gasteiger partial charge is 0.407 e. The minimum atomic E-state index is -1.30. The third-order valence-electron chi connectivity index (χ3n) is 14.3. The maximum atomic E-state index is 15.2. The van der Waals surface area contributed by atoms with Crippen LogP contribution >= 0.6 is 11.6 Å². The number of likely N-dealkylation sites (tertiary alicyclic amines) is 2. The number of imidazole rings is 2. The highest BCUT2D eigenvalue weighted by molar-refractivity contribution is 6.38. The van der Waals surface area contributed by atoms with Gasteiger partial charge in [-0.15, -0.1) is 0 Å². The Labute approximate surface area is 424 Å². The maximum absolute atomic E-state index is 15.2. The van der Waals surface area contributed by atoms with Crippen LogP contribution in [0, 0.1) is 11.8 Å². The van der Waals surface area contributed by atoms with Gasteiger partial charge in [0.05, 0.1) is 91.6 Å². The van der Waals surface area contributed by atoms with E-state index in [-0.39, 0.29) is 37.8 Å². The molecule has 4 amide bonds. The predicted molar refractivity (Wildman–Crippen MR) is 268 cm³/mol. The zero-order chi connectivity index (χ0) is 51.6. The maximum Gasteiger partial charge on any atom is 0.407 e. The van der Waals surface area contributed by atoms with Gasteiger partial charge in [0, 0.05) is 47.5 Å². The third kappa shape index (κ3) is 9.03. The summed E-state index contributed by atoms with van der Waals surface area (Å²) in [4.78, 5) is 73.0. The summed E-state index contributed by atoms with van der Waals surface area (Å²) in [7, 11) is 4.46. The number of anilines is 1. The molecule has 7 heterocycles. The number of hydrogen-bond donors (Lipinski definition) is 4. The number of aromatic amines is 2. The first-order chi connectivity index (χ1) is 35.0. The highest BCUT2D eigenvalue weighted by atomic mass is 35.5. The fourth-order valence-corrected chi connectivity index (χ4v) is 10.8. The van der Waals surface area contributed by atoms with Gasteiger partial charge in [-0.05, 0) is 48.2 Å². The van der Waals surface area contributed by atoms with Gasteiger partial charge in [0.15, 0.2) is 0 Å². The first-order valence-electron chi connectivity index (χ1n) is 24.3. The number of amides is 4. The minimum Gasteiger partial charge on any atom is -0.490 e. The Morgan fingerprint density at radius 2 is 1.33 bits per heavy atom. The molecule has 0 spiro atoms. The van der Waals surface area contributed by atoms with Gasteiger partial charge in [0.2, 0.25) is 18.0 Å². The monoisotopic (exact) mass is 1020 g/mol. The topological polar surface area (TPSA) is 201 Å². The van der Waals surface area contributed by atoms with Crippen molar-refractivity contribution in [3.63, 3.8) is 0 Å². The fraction of sp³-hybridized carbons (Fsp3) is 0.423. The second-order valence-corrected chi connectivity index (χ2v) is 20.1. The number of rotatable bonds is 11. The van der Waals surface area contributed by atoms with E-state index in [1.54, 1.807) is 40.1 Å². The molecule has 21 heteroatoms. The average molecular weight is 1020 g/mol. The molecule has 0 radical (unpaired) electrons. The summed E-state index contributed by atoms with van der Waals surface area (Å²) in [5.74, 6) is 0.603. The molecule has 4 aliphatic heterocycles. The van der Waals surface area contributed by atoms with E-state index in [1.165, 1.54) is 24.0 Å². The minimum absolute atomic E-state index is 0.0273. The van der Waals surface area contributed by atoms with E-state index < -0.39 is 66.7 Å². The first kappa shape index (κ1) is 49.2. The van der Waals surface area contributed by atoms with E-state index in [9.17, 15) is 19.2 Å². The van der Waals surface area contributed by atoms with Crippen molar-refractivity contribution in [1.82, 2.24) is 44.9 Å². The number of fused-ring (bicyclic) bond motifs is 6. The number of H-pyrrole nitrogens is 2. The Balaban J connectivity index is 0.997. The van der Waals surface area contributed by atoms with Crippen LogP contribution in [0.15, 0.2) is 67.0 Å². The zero-order valence-electron chi connectivity index (χ0n) is 41.4. The second-order valence-electron chi connectivity index (χ2n) is 19.7. The average Bonchev–Trinajstić information content (AvgIpc) is 4.25. The fourth-order valence-electron chi connectivity index (χ4n) is 10.5. The van der Waals surface area contributed by atoms with Crippen molar-refractivity contribution in [3.8, 4) is 45.3 Å². The lowest BCUT2D eigenvalue weighted by molar-refractivity contribution is -0.136. The van der Waals surface area contributed by atoms with Gasteiger partial charge in [0.1, 0.15) is 54.2 Å². The quantitative estimate of drug-likeness (QED) is 0.0970. The summed E-state index contributed by atoms with van der Waals surface area (Å²) in [5, 5.41) is 6.39. The van der Waals surface area contributed by atoms with Crippen LogP contribution in [0.5, 0.6) is 11.5 Å². The molecule has 0 saturated carbocycles. The highest BCUT2D eigenvalue weighted by Crippen LogP contribution is 2.51. The van der Waals surface area contributed by atoms with Gasteiger partial charge in [-0.3, -0.25) is 14.2 Å². The molecule has 10 rings (SSSR count). The number of benzene rings is 3. The molecule has 18 nitrogen and oxygen atoms in total.